The second-order valence-electron chi connectivity index (χ2n) is 9.56. The number of hydrogen-bond acceptors (Lipinski definition) is 4. The second-order valence-corrected chi connectivity index (χ2v) is 11.5. The Labute approximate surface area is 191 Å². The third kappa shape index (κ3) is 5.01. The molecule has 2 N–H and O–H groups in total. The molecule has 8 heteroatoms. The summed E-state index contributed by atoms with van der Waals surface area (Å²) in [6.07, 6.45) is 8.31. The molecule has 0 spiro atoms. The fraction of sp³-hybridized carbons (Fsp3) is 0.667. The smallest absolute Gasteiger partial charge is 0.251 e. The first-order valence-electron chi connectivity index (χ1n) is 12.1. The van der Waals surface area contributed by atoms with E-state index < -0.39 is 10.0 Å². The molecule has 4 rings (SSSR count). The summed E-state index contributed by atoms with van der Waals surface area (Å²) in [5, 5.41) is 6.24. The van der Waals surface area contributed by atoms with Crippen molar-refractivity contribution in [3.05, 3.63) is 29.8 Å². The number of carbonyl (C=O) groups is 2. The third-order valence-corrected chi connectivity index (χ3v) is 9.28. The van der Waals surface area contributed by atoms with Gasteiger partial charge in [0.25, 0.3) is 5.91 Å². The summed E-state index contributed by atoms with van der Waals surface area (Å²) in [4.78, 5) is 25.2. The predicted molar refractivity (Wildman–Crippen MR) is 123 cm³/mol. The van der Waals surface area contributed by atoms with Gasteiger partial charge in [-0.3, -0.25) is 9.59 Å². The van der Waals surface area contributed by atoms with Crippen LogP contribution in [0.25, 0.3) is 0 Å². The summed E-state index contributed by atoms with van der Waals surface area (Å²) in [5.41, 5.74) is 0.459. The van der Waals surface area contributed by atoms with Crippen LogP contribution >= 0.6 is 0 Å². The van der Waals surface area contributed by atoms with Crippen molar-refractivity contribution in [3.63, 3.8) is 0 Å². The van der Waals surface area contributed by atoms with E-state index in [0.717, 1.165) is 51.4 Å². The van der Waals surface area contributed by atoms with Crippen LogP contribution < -0.4 is 10.6 Å². The van der Waals surface area contributed by atoms with E-state index in [4.69, 9.17) is 0 Å². The number of nitrogens with zero attached hydrogens (tertiary/aromatic N) is 1. The summed E-state index contributed by atoms with van der Waals surface area (Å²) >= 11 is 0. The molecule has 2 amide bonds. The van der Waals surface area contributed by atoms with Gasteiger partial charge in [-0.2, -0.15) is 4.31 Å². The lowest BCUT2D eigenvalue weighted by Crippen LogP contribution is -2.55. The highest BCUT2D eigenvalue weighted by atomic mass is 32.2. The van der Waals surface area contributed by atoms with Crippen molar-refractivity contribution in [1.82, 2.24) is 14.9 Å². The van der Waals surface area contributed by atoms with Crippen molar-refractivity contribution in [2.75, 3.05) is 13.1 Å². The van der Waals surface area contributed by atoms with Gasteiger partial charge < -0.3 is 10.6 Å². The number of benzene rings is 1. The Morgan fingerprint density at radius 1 is 1.12 bits per heavy atom. The molecule has 1 aliphatic carbocycles. The number of hydrogen-bond donors (Lipinski definition) is 2. The van der Waals surface area contributed by atoms with Crippen molar-refractivity contribution in [2.45, 2.75) is 81.7 Å². The molecule has 3 fully saturated rings. The van der Waals surface area contributed by atoms with E-state index in [2.05, 4.69) is 17.6 Å². The van der Waals surface area contributed by atoms with E-state index in [-0.39, 0.29) is 28.8 Å². The maximum atomic E-state index is 12.8. The molecule has 1 saturated carbocycles. The monoisotopic (exact) mass is 461 g/mol. The number of rotatable bonds is 6. The van der Waals surface area contributed by atoms with Gasteiger partial charge >= 0.3 is 0 Å². The van der Waals surface area contributed by atoms with Gasteiger partial charge in [0.15, 0.2) is 0 Å². The van der Waals surface area contributed by atoms with Gasteiger partial charge in [-0.1, -0.05) is 19.8 Å². The van der Waals surface area contributed by atoms with Gasteiger partial charge in [0.05, 0.1) is 4.90 Å². The predicted octanol–water partition coefficient (Wildman–Crippen LogP) is 3.06. The molecule has 2 heterocycles. The molecular weight excluding hydrogens is 426 g/mol. The van der Waals surface area contributed by atoms with Crippen molar-refractivity contribution >= 4 is 21.8 Å². The Bertz CT molecular complexity index is 925. The van der Waals surface area contributed by atoms with Gasteiger partial charge in [0.1, 0.15) is 0 Å². The molecule has 0 aromatic heterocycles. The molecule has 3 aliphatic rings. The van der Waals surface area contributed by atoms with Gasteiger partial charge in [-0.25, -0.2) is 8.42 Å². The van der Waals surface area contributed by atoms with Crippen LogP contribution in [-0.2, 0) is 14.8 Å². The first kappa shape index (κ1) is 23.2. The Hall–Kier alpha value is -1.93. The van der Waals surface area contributed by atoms with Crippen molar-refractivity contribution in [3.8, 4) is 0 Å². The fourth-order valence-corrected chi connectivity index (χ4v) is 7.22. The zero-order valence-electron chi connectivity index (χ0n) is 18.9. The average Bonchev–Trinajstić information content (AvgIpc) is 2.79. The maximum absolute atomic E-state index is 12.8. The molecular formula is C24H35N3O4S. The lowest BCUT2D eigenvalue weighted by atomic mass is 9.70. The quantitative estimate of drug-likeness (QED) is 0.681. The van der Waals surface area contributed by atoms with E-state index in [1.165, 1.54) is 16.4 Å². The Kier molecular flexibility index (Phi) is 7.20. The van der Waals surface area contributed by atoms with Crippen LogP contribution in [0.3, 0.4) is 0 Å². The number of amides is 2. The van der Waals surface area contributed by atoms with E-state index in [0.29, 0.717) is 36.9 Å². The second kappa shape index (κ2) is 9.91. The zero-order valence-corrected chi connectivity index (χ0v) is 19.7. The largest absolute Gasteiger partial charge is 0.353 e. The van der Waals surface area contributed by atoms with Crippen LogP contribution in [0.1, 0.15) is 75.1 Å². The number of sulfonamides is 1. The first-order chi connectivity index (χ1) is 15.4. The minimum atomic E-state index is -3.50. The average molecular weight is 462 g/mol. The molecule has 1 aromatic rings. The number of fused-ring (bicyclic) bond motifs is 1. The highest BCUT2D eigenvalue weighted by Crippen LogP contribution is 2.37. The number of carbonyl (C=O) groups excluding carboxylic acids is 2. The van der Waals surface area contributed by atoms with Crippen molar-refractivity contribution in [2.24, 2.45) is 11.8 Å². The van der Waals surface area contributed by atoms with Gasteiger partial charge in [-0.15, -0.1) is 0 Å². The molecule has 4 unspecified atom stereocenters. The van der Waals surface area contributed by atoms with Crippen molar-refractivity contribution < 1.29 is 18.0 Å². The minimum absolute atomic E-state index is 0.0150. The SMILES string of the molecule is CCCC1CC(=O)NC2CC(NC(=O)c3ccc(S(=O)(=O)N4CCCCC4)cc3)CCC12. The number of nitrogens with one attached hydrogen (secondary N) is 2. The lowest BCUT2D eigenvalue weighted by Gasteiger charge is -2.44. The summed E-state index contributed by atoms with van der Waals surface area (Å²) < 4.78 is 27.2. The Balaban J connectivity index is 1.37. The van der Waals surface area contributed by atoms with Gasteiger partial charge in [0.2, 0.25) is 15.9 Å². The fourth-order valence-electron chi connectivity index (χ4n) is 5.70. The van der Waals surface area contributed by atoms with Gasteiger partial charge in [0, 0.05) is 37.2 Å². The highest BCUT2D eigenvalue weighted by Gasteiger charge is 2.40. The molecule has 2 aliphatic heterocycles. The summed E-state index contributed by atoms with van der Waals surface area (Å²) in [7, 11) is -3.50. The summed E-state index contributed by atoms with van der Waals surface area (Å²) in [6, 6.07) is 6.40. The third-order valence-electron chi connectivity index (χ3n) is 7.37. The standard InChI is InChI=1S/C24H35N3O4S/c1-2-6-18-15-23(28)26-22-16-19(9-12-21(18)22)25-24(29)17-7-10-20(11-8-17)32(30,31)27-13-4-3-5-14-27/h7-8,10-11,18-19,21-22H,2-6,9,12-16H2,1H3,(H,25,29)(H,26,28). The van der Waals surface area contributed by atoms with Crippen LogP contribution in [0.4, 0.5) is 0 Å². The minimum Gasteiger partial charge on any atom is -0.353 e. The van der Waals surface area contributed by atoms with Crippen molar-refractivity contribution in [1.29, 1.82) is 0 Å². The van der Waals surface area contributed by atoms with E-state index >= 15 is 0 Å². The van der Waals surface area contributed by atoms with Crippen LogP contribution in [0.5, 0.6) is 0 Å². The maximum Gasteiger partial charge on any atom is 0.251 e. The zero-order chi connectivity index (χ0) is 22.7. The molecule has 1 aromatic carbocycles. The number of piperidine rings is 2. The molecule has 2 saturated heterocycles. The van der Waals surface area contributed by atoms with Crippen LogP contribution in [0, 0.1) is 11.8 Å². The molecule has 4 atom stereocenters. The van der Waals surface area contributed by atoms with Crippen LogP contribution in [0.2, 0.25) is 0 Å². The van der Waals surface area contributed by atoms with E-state index in [1.54, 1.807) is 12.1 Å². The Morgan fingerprint density at radius 2 is 1.84 bits per heavy atom. The van der Waals surface area contributed by atoms with E-state index in [1.807, 2.05) is 0 Å². The molecule has 0 bridgehead atoms. The van der Waals surface area contributed by atoms with Gasteiger partial charge in [-0.05, 0) is 74.6 Å². The lowest BCUT2D eigenvalue weighted by molar-refractivity contribution is -0.127. The summed E-state index contributed by atoms with van der Waals surface area (Å²) in [6.45, 7) is 3.28. The normalized spacial score (nSPS) is 29.1. The molecule has 0 radical (unpaired) electrons. The van der Waals surface area contributed by atoms with Crippen LogP contribution in [-0.4, -0.2) is 49.7 Å². The topological polar surface area (TPSA) is 95.6 Å². The first-order valence-corrected chi connectivity index (χ1v) is 13.5. The summed E-state index contributed by atoms with van der Waals surface area (Å²) in [5.74, 6) is 0.884. The van der Waals surface area contributed by atoms with Crippen LogP contribution in [0.15, 0.2) is 29.2 Å². The van der Waals surface area contributed by atoms with E-state index in [9.17, 15) is 18.0 Å². The molecule has 176 valence electrons. The highest BCUT2D eigenvalue weighted by molar-refractivity contribution is 7.89. The molecule has 7 nitrogen and oxygen atoms in total. The Morgan fingerprint density at radius 3 is 2.53 bits per heavy atom. The molecule has 32 heavy (non-hydrogen) atoms.